The summed E-state index contributed by atoms with van der Waals surface area (Å²) in [4.78, 5) is 29.8. The Bertz CT molecular complexity index is 721. The predicted molar refractivity (Wildman–Crippen MR) is 83.0 cm³/mol. The number of nitrogens with two attached hydrogens (primary N) is 2. The van der Waals surface area contributed by atoms with Crippen LogP contribution in [0.2, 0.25) is 0 Å². The van der Waals surface area contributed by atoms with E-state index in [0.717, 1.165) is 0 Å². The summed E-state index contributed by atoms with van der Waals surface area (Å²) in [6, 6.07) is 5.55. The monoisotopic (exact) mass is 320 g/mol. The molecule has 0 spiro atoms. The lowest BCUT2D eigenvalue weighted by atomic mass is 10.2. The van der Waals surface area contributed by atoms with E-state index < -0.39 is 4.92 Å². The van der Waals surface area contributed by atoms with Crippen LogP contribution in [0.4, 0.5) is 16.5 Å². The molecule has 0 bridgehead atoms. The SMILES string of the molecule is NC(N)=Nc1nc(CC(=O)Nc2ccc([N+](=O)[O-])cc2)cs1. The highest BCUT2D eigenvalue weighted by Gasteiger charge is 2.09. The third-order valence-electron chi connectivity index (χ3n) is 2.47. The van der Waals surface area contributed by atoms with Crippen LogP contribution in [-0.2, 0) is 11.2 Å². The first kappa shape index (κ1) is 15.4. The molecular formula is C12H12N6O3S. The van der Waals surface area contributed by atoms with Crippen molar-refractivity contribution in [2.75, 3.05) is 5.32 Å². The molecule has 9 nitrogen and oxygen atoms in total. The van der Waals surface area contributed by atoms with Crippen LogP contribution in [0.25, 0.3) is 0 Å². The number of nitro benzene ring substituents is 1. The molecule has 2 rings (SSSR count). The molecule has 1 aromatic carbocycles. The average Bonchev–Trinajstić information content (AvgIpc) is 2.85. The number of rotatable bonds is 5. The first-order chi connectivity index (χ1) is 10.4. The Morgan fingerprint density at radius 2 is 2.05 bits per heavy atom. The van der Waals surface area contributed by atoms with Crippen molar-refractivity contribution >= 4 is 39.7 Å². The van der Waals surface area contributed by atoms with Gasteiger partial charge in [0.1, 0.15) is 0 Å². The molecular weight excluding hydrogens is 308 g/mol. The van der Waals surface area contributed by atoms with Crippen LogP contribution < -0.4 is 16.8 Å². The molecule has 0 radical (unpaired) electrons. The molecule has 0 aliphatic heterocycles. The lowest BCUT2D eigenvalue weighted by Gasteiger charge is -2.03. The van der Waals surface area contributed by atoms with Gasteiger partial charge >= 0.3 is 0 Å². The van der Waals surface area contributed by atoms with Crippen molar-refractivity contribution in [2.24, 2.45) is 16.5 Å². The summed E-state index contributed by atoms with van der Waals surface area (Å²) in [6.45, 7) is 0. The molecule has 10 heteroatoms. The summed E-state index contributed by atoms with van der Waals surface area (Å²) in [5.74, 6) is -0.397. The van der Waals surface area contributed by atoms with Crippen LogP contribution in [0.5, 0.6) is 0 Å². The van der Waals surface area contributed by atoms with Crippen molar-refractivity contribution < 1.29 is 9.72 Å². The van der Waals surface area contributed by atoms with E-state index >= 15 is 0 Å². The average molecular weight is 320 g/mol. The number of nitrogens with zero attached hydrogens (tertiary/aromatic N) is 3. The fourth-order valence-electron chi connectivity index (χ4n) is 1.58. The Labute approximate surface area is 128 Å². The molecule has 1 amide bonds. The second kappa shape index (κ2) is 6.63. The summed E-state index contributed by atoms with van der Waals surface area (Å²) in [7, 11) is 0. The highest BCUT2D eigenvalue weighted by Crippen LogP contribution is 2.19. The van der Waals surface area contributed by atoms with Crippen molar-refractivity contribution in [1.82, 2.24) is 4.98 Å². The van der Waals surface area contributed by atoms with Gasteiger partial charge in [0.05, 0.1) is 17.0 Å². The highest BCUT2D eigenvalue weighted by molar-refractivity contribution is 7.13. The van der Waals surface area contributed by atoms with E-state index in [0.29, 0.717) is 16.5 Å². The molecule has 0 saturated carbocycles. The number of hydrogen-bond donors (Lipinski definition) is 3. The van der Waals surface area contributed by atoms with Crippen LogP contribution in [0.15, 0.2) is 34.6 Å². The molecule has 0 aliphatic rings. The number of carbonyl (C=O) groups excluding carboxylic acids is 1. The zero-order valence-corrected chi connectivity index (χ0v) is 12.0. The number of amides is 1. The third-order valence-corrected chi connectivity index (χ3v) is 3.25. The Hall–Kier alpha value is -3.01. The van der Waals surface area contributed by atoms with Crippen molar-refractivity contribution in [1.29, 1.82) is 0 Å². The lowest BCUT2D eigenvalue weighted by molar-refractivity contribution is -0.384. The zero-order chi connectivity index (χ0) is 16.1. The van der Waals surface area contributed by atoms with Crippen LogP contribution in [-0.4, -0.2) is 21.8 Å². The molecule has 1 heterocycles. The molecule has 22 heavy (non-hydrogen) atoms. The van der Waals surface area contributed by atoms with Gasteiger partial charge in [-0.3, -0.25) is 14.9 Å². The van der Waals surface area contributed by atoms with E-state index in [1.165, 1.54) is 35.6 Å². The van der Waals surface area contributed by atoms with E-state index in [1.54, 1.807) is 5.38 Å². The maximum absolute atomic E-state index is 11.9. The summed E-state index contributed by atoms with van der Waals surface area (Å²) < 4.78 is 0. The van der Waals surface area contributed by atoms with Gasteiger partial charge in [-0.25, -0.2) is 4.98 Å². The molecule has 0 unspecified atom stereocenters. The fraction of sp³-hybridized carbons (Fsp3) is 0.0833. The number of non-ortho nitro benzene ring substituents is 1. The largest absolute Gasteiger partial charge is 0.370 e. The van der Waals surface area contributed by atoms with Gasteiger partial charge in [-0.05, 0) is 12.1 Å². The molecule has 2 aromatic rings. The second-order valence-electron chi connectivity index (χ2n) is 4.19. The van der Waals surface area contributed by atoms with Crippen LogP contribution in [0.3, 0.4) is 0 Å². The summed E-state index contributed by atoms with van der Waals surface area (Å²) in [5.41, 5.74) is 11.4. The topological polar surface area (TPSA) is 150 Å². The number of thiazole rings is 1. The van der Waals surface area contributed by atoms with Crippen LogP contribution in [0.1, 0.15) is 5.69 Å². The molecule has 114 valence electrons. The Morgan fingerprint density at radius 1 is 1.36 bits per heavy atom. The van der Waals surface area contributed by atoms with Gasteiger partial charge in [0, 0.05) is 23.2 Å². The quantitative estimate of drug-likeness (QED) is 0.325. The van der Waals surface area contributed by atoms with Gasteiger partial charge in [0.2, 0.25) is 11.0 Å². The Kier molecular flexibility index (Phi) is 4.63. The number of aromatic nitrogens is 1. The minimum atomic E-state index is -0.508. The number of nitrogens with one attached hydrogen (secondary N) is 1. The number of aliphatic imine (C=N–C) groups is 1. The number of anilines is 1. The summed E-state index contributed by atoms with van der Waals surface area (Å²) in [5, 5.41) is 15.2. The summed E-state index contributed by atoms with van der Waals surface area (Å²) in [6.07, 6.45) is 0.0491. The van der Waals surface area contributed by atoms with Gasteiger partial charge in [0.15, 0.2) is 5.96 Å². The van der Waals surface area contributed by atoms with Crippen molar-refractivity contribution in [3.8, 4) is 0 Å². The first-order valence-corrected chi connectivity index (χ1v) is 6.90. The maximum Gasteiger partial charge on any atom is 0.269 e. The molecule has 0 aliphatic carbocycles. The summed E-state index contributed by atoms with van der Waals surface area (Å²) >= 11 is 1.22. The van der Waals surface area contributed by atoms with E-state index in [-0.39, 0.29) is 24.0 Å². The fourth-order valence-corrected chi connectivity index (χ4v) is 2.28. The van der Waals surface area contributed by atoms with Gasteiger partial charge < -0.3 is 16.8 Å². The first-order valence-electron chi connectivity index (χ1n) is 6.02. The Morgan fingerprint density at radius 3 is 2.64 bits per heavy atom. The van der Waals surface area contributed by atoms with Crippen molar-refractivity contribution in [3.63, 3.8) is 0 Å². The molecule has 0 saturated heterocycles. The third kappa shape index (κ3) is 4.24. The van der Waals surface area contributed by atoms with Crippen molar-refractivity contribution in [3.05, 3.63) is 45.5 Å². The highest BCUT2D eigenvalue weighted by atomic mass is 32.1. The van der Waals surface area contributed by atoms with Gasteiger partial charge in [0.25, 0.3) is 5.69 Å². The van der Waals surface area contributed by atoms with E-state index in [2.05, 4.69) is 15.3 Å². The standard InChI is InChI=1S/C12H12N6O3S/c13-11(14)17-12-16-8(6-22-12)5-10(19)15-7-1-3-9(4-2-7)18(20)21/h1-4,6H,5H2,(H,15,19)(H4,13,14,16,17). The molecule has 1 aromatic heterocycles. The van der Waals surface area contributed by atoms with Gasteiger partial charge in [-0.15, -0.1) is 11.3 Å². The predicted octanol–water partition coefficient (Wildman–Crippen LogP) is 1.14. The zero-order valence-electron chi connectivity index (χ0n) is 11.2. The molecule has 0 atom stereocenters. The van der Waals surface area contributed by atoms with Crippen LogP contribution in [0, 0.1) is 10.1 Å². The minimum Gasteiger partial charge on any atom is -0.370 e. The van der Waals surface area contributed by atoms with Crippen LogP contribution >= 0.6 is 11.3 Å². The number of benzene rings is 1. The van der Waals surface area contributed by atoms with E-state index in [1.807, 2.05) is 0 Å². The van der Waals surface area contributed by atoms with E-state index in [4.69, 9.17) is 11.5 Å². The van der Waals surface area contributed by atoms with Gasteiger partial charge in [-0.1, -0.05) is 0 Å². The van der Waals surface area contributed by atoms with E-state index in [9.17, 15) is 14.9 Å². The number of guanidine groups is 1. The number of carbonyl (C=O) groups is 1. The number of nitro groups is 1. The molecule has 5 N–H and O–H groups in total. The number of hydrogen-bond acceptors (Lipinski definition) is 6. The van der Waals surface area contributed by atoms with Crippen molar-refractivity contribution in [2.45, 2.75) is 6.42 Å². The second-order valence-corrected chi connectivity index (χ2v) is 5.02. The molecule has 0 fully saturated rings. The van der Waals surface area contributed by atoms with Gasteiger partial charge in [-0.2, -0.15) is 4.99 Å². The lowest BCUT2D eigenvalue weighted by Crippen LogP contribution is -2.21. The maximum atomic E-state index is 11.9. The minimum absolute atomic E-state index is 0.0422. The Balaban J connectivity index is 1.96. The smallest absolute Gasteiger partial charge is 0.269 e. The normalized spacial score (nSPS) is 10.0.